The third-order valence-corrected chi connectivity index (χ3v) is 4.54. The van der Waals surface area contributed by atoms with Gasteiger partial charge >= 0.3 is 5.97 Å². The molecule has 0 bridgehead atoms. The van der Waals surface area contributed by atoms with Gasteiger partial charge in [0.1, 0.15) is 0 Å². The summed E-state index contributed by atoms with van der Waals surface area (Å²) >= 11 is 0. The molecule has 0 unspecified atom stereocenters. The number of nitrogens with one attached hydrogen (secondary N) is 1. The summed E-state index contributed by atoms with van der Waals surface area (Å²) in [7, 11) is 2.10. The van der Waals surface area contributed by atoms with Crippen LogP contribution in [0.3, 0.4) is 0 Å². The zero-order valence-corrected chi connectivity index (χ0v) is 13.6. The molecule has 1 aliphatic carbocycles. The lowest BCUT2D eigenvalue weighted by molar-refractivity contribution is -0.148. The highest BCUT2D eigenvalue weighted by Gasteiger charge is 2.35. The molecule has 0 aliphatic heterocycles. The molecule has 0 spiro atoms. The Bertz CT molecular complexity index is 344. The molecule has 122 valence electrons. The Morgan fingerprint density at radius 1 is 1.19 bits per heavy atom. The second kappa shape index (κ2) is 9.03. The van der Waals surface area contributed by atoms with Gasteiger partial charge in [0.05, 0.1) is 11.8 Å². The maximum absolute atomic E-state index is 12.1. The molecule has 2 N–H and O–H groups in total. The first kappa shape index (κ1) is 18.0. The lowest BCUT2D eigenvalue weighted by atomic mass is 9.78. The summed E-state index contributed by atoms with van der Waals surface area (Å²) in [5, 5.41) is 12.1. The van der Waals surface area contributed by atoms with Gasteiger partial charge in [-0.25, -0.2) is 0 Å². The van der Waals surface area contributed by atoms with Gasteiger partial charge < -0.3 is 15.3 Å². The van der Waals surface area contributed by atoms with Crippen molar-refractivity contribution >= 4 is 11.9 Å². The summed E-state index contributed by atoms with van der Waals surface area (Å²) < 4.78 is 0. The van der Waals surface area contributed by atoms with Crippen LogP contribution in [0.1, 0.15) is 52.4 Å². The van der Waals surface area contributed by atoms with E-state index in [4.69, 9.17) is 0 Å². The highest BCUT2D eigenvalue weighted by atomic mass is 16.4. The largest absolute Gasteiger partial charge is 0.481 e. The fourth-order valence-corrected chi connectivity index (χ4v) is 2.83. The molecule has 1 aliphatic rings. The smallest absolute Gasteiger partial charge is 0.307 e. The number of aliphatic carboxylic acids is 1. The van der Waals surface area contributed by atoms with Gasteiger partial charge in [0, 0.05) is 12.6 Å². The molecule has 1 saturated carbocycles. The molecule has 0 radical (unpaired) electrons. The van der Waals surface area contributed by atoms with Crippen molar-refractivity contribution in [2.45, 2.75) is 58.4 Å². The monoisotopic (exact) mass is 298 g/mol. The summed E-state index contributed by atoms with van der Waals surface area (Å²) in [4.78, 5) is 25.6. The lowest BCUT2D eigenvalue weighted by Crippen LogP contribution is -2.40. The van der Waals surface area contributed by atoms with E-state index < -0.39 is 11.9 Å². The molecule has 5 heteroatoms. The Hall–Kier alpha value is -1.10. The minimum absolute atomic E-state index is 0.0701. The highest BCUT2D eigenvalue weighted by molar-refractivity contribution is 5.84. The first-order valence-electron chi connectivity index (χ1n) is 8.14. The van der Waals surface area contributed by atoms with E-state index in [1.54, 1.807) is 0 Å². The molecule has 0 aromatic carbocycles. The van der Waals surface area contributed by atoms with Gasteiger partial charge in [-0.1, -0.05) is 12.8 Å². The van der Waals surface area contributed by atoms with Gasteiger partial charge in [0.15, 0.2) is 0 Å². The van der Waals surface area contributed by atoms with Crippen LogP contribution in [0.4, 0.5) is 0 Å². The topological polar surface area (TPSA) is 69.6 Å². The molecule has 1 amide bonds. The van der Waals surface area contributed by atoms with Crippen molar-refractivity contribution in [3.8, 4) is 0 Å². The normalized spacial score (nSPS) is 22.5. The van der Waals surface area contributed by atoms with Crippen LogP contribution in [0.15, 0.2) is 0 Å². The van der Waals surface area contributed by atoms with E-state index in [2.05, 4.69) is 31.1 Å². The molecule has 1 rings (SSSR count). The van der Waals surface area contributed by atoms with Crippen LogP contribution in [0.2, 0.25) is 0 Å². The number of hydrogen-bond acceptors (Lipinski definition) is 3. The van der Waals surface area contributed by atoms with Gasteiger partial charge in [0.25, 0.3) is 0 Å². The predicted molar refractivity (Wildman–Crippen MR) is 83.1 cm³/mol. The van der Waals surface area contributed by atoms with E-state index in [-0.39, 0.29) is 11.8 Å². The van der Waals surface area contributed by atoms with Crippen molar-refractivity contribution in [2.24, 2.45) is 11.8 Å². The lowest BCUT2D eigenvalue weighted by Gasteiger charge is -2.27. The van der Waals surface area contributed by atoms with Crippen molar-refractivity contribution in [1.82, 2.24) is 10.2 Å². The molecule has 21 heavy (non-hydrogen) atoms. The molecule has 0 aromatic heterocycles. The van der Waals surface area contributed by atoms with Gasteiger partial charge in [-0.2, -0.15) is 0 Å². The molecular formula is C16H30N2O3. The Labute approximate surface area is 128 Å². The number of hydrogen-bond donors (Lipinski definition) is 2. The van der Waals surface area contributed by atoms with Crippen LogP contribution in [-0.2, 0) is 9.59 Å². The molecule has 5 nitrogen and oxygen atoms in total. The third-order valence-electron chi connectivity index (χ3n) is 4.54. The first-order valence-corrected chi connectivity index (χ1v) is 8.14. The quantitative estimate of drug-likeness (QED) is 0.673. The highest BCUT2D eigenvalue weighted by Crippen LogP contribution is 2.30. The number of carbonyl (C=O) groups excluding carboxylic acids is 1. The van der Waals surface area contributed by atoms with Crippen LogP contribution in [0.5, 0.6) is 0 Å². The number of unbranched alkanes of at least 4 members (excludes halogenated alkanes) is 1. The van der Waals surface area contributed by atoms with Gasteiger partial charge in [0.2, 0.25) is 5.91 Å². The van der Waals surface area contributed by atoms with E-state index in [1.807, 2.05) is 0 Å². The third kappa shape index (κ3) is 6.04. The average molecular weight is 298 g/mol. The number of carboxylic acid groups (broad SMARTS) is 1. The zero-order valence-electron chi connectivity index (χ0n) is 13.6. The van der Waals surface area contributed by atoms with Gasteiger partial charge in [-0.3, -0.25) is 9.59 Å². The number of nitrogens with zero attached hydrogens (tertiary/aromatic N) is 1. The summed E-state index contributed by atoms with van der Waals surface area (Å²) in [5.74, 6) is -1.73. The summed E-state index contributed by atoms with van der Waals surface area (Å²) in [6.07, 6.45) is 5.20. The number of amides is 1. The molecule has 0 saturated heterocycles. The van der Waals surface area contributed by atoms with Crippen molar-refractivity contribution in [2.75, 3.05) is 20.1 Å². The van der Waals surface area contributed by atoms with Crippen LogP contribution < -0.4 is 5.32 Å². The van der Waals surface area contributed by atoms with Crippen molar-refractivity contribution in [1.29, 1.82) is 0 Å². The molecule has 0 aromatic rings. The second-order valence-electron chi connectivity index (χ2n) is 6.41. The van der Waals surface area contributed by atoms with E-state index in [0.29, 0.717) is 25.4 Å². The van der Waals surface area contributed by atoms with E-state index in [9.17, 15) is 14.7 Å². The maximum atomic E-state index is 12.1. The zero-order chi connectivity index (χ0) is 15.8. The van der Waals surface area contributed by atoms with Crippen LogP contribution in [0, 0.1) is 11.8 Å². The molecular weight excluding hydrogens is 268 g/mol. The predicted octanol–water partition coefficient (Wildman–Crippen LogP) is 2.11. The number of rotatable bonds is 8. The fraction of sp³-hybridized carbons (Fsp3) is 0.875. The van der Waals surface area contributed by atoms with E-state index >= 15 is 0 Å². The van der Waals surface area contributed by atoms with Gasteiger partial charge in [-0.05, 0) is 53.1 Å². The maximum Gasteiger partial charge on any atom is 0.307 e. The number of carbonyl (C=O) groups is 2. The molecule has 1 fully saturated rings. The molecule has 0 heterocycles. The first-order chi connectivity index (χ1) is 9.93. The minimum atomic E-state index is -0.826. The van der Waals surface area contributed by atoms with Crippen molar-refractivity contribution in [3.05, 3.63) is 0 Å². The van der Waals surface area contributed by atoms with Crippen molar-refractivity contribution in [3.63, 3.8) is 0 Å². The van der Waals surface area contributed by atoms with Crippen LogP contribution in [0.25, 0.3) is 0 Å². The summed E-state index contributed by atoms with van der Waals surface area (Å²) in [6.45, 7) is 6.00. The number of carboxylic acids is 1. The average Bonchev–Trinajstić information content (AvgIpc) is 2.46. The standard InChI is InChI=1S/C16H30N2O3/c1-12(2)18(3)11-7-6-10-17-15(19)13-8-4-5-9-14(13)16(20)21/h12-14H,4-11H2,1-3H3,(H,17,19)(H,20,21)/t13-,14+/m1/s1. The Morgan fingerprint density at radius 2 is 1.81 bits per heavy atom. The van der Waals surface area contributed by atoms with Crippen LogP contribution in [-0.4, -0.2) is 48.1 Å². The SMILES string of the molecule is CC(C)N(C)CCCCNC(=O)[C@@H]1CCCC[C@@H]1C(=O)O. The summed E-state index contributed by atoms with van der Waals surface area (Å²) in [6, 6.07) is 0.540. The van der Waals surface area contributed by atoms with Crippen molar-refractivity contribution < 1.29 is 14.7 Å². The van der Waals surface area contributed by atoms with Gasteiger partial charge in [-0.15, -0.1) is 0 Å². The second-order valence-corrected chi connectivity index (χ2v) is 6.41. The Morgan fingerprint density at radius 3 is 2.38 bits per heavy atom. The Kier molecular flexibility index (Phi) is 7.72. The minimum Gasteiger partial charge on any atom is -0.481 e. The Balaban J connectivity index is 2.25. The van der Waals surface area contributed by atoms with E-state index in [0.717, 1.165) is 32.2 Å². The summed E-state index contributed by atoms with van der Waals surface area (Å²) in [5.41, 5.74) is 0. The fourth-order valence-electron chi connectivity index (χ4n) is 2.83. The van der Waals surface area contributed by atoms with E-state index in [1.165, 1.54) is 0 Å². The van der Waals surface area contributed by atoms with Crippen LogP contribution >= 0.6 is 0 Å². The molecule has 2 atom stereocenters.